The highest BCUT2D eigenvalue weighted by Crippen LogP contribution is 1.97. The highest BCUT2D eigenvalue weighted by Gasteiger charge is 2.05. The molecule has 0 unspecified atom stereocenters. The highest BCUT2D eigenvalue weighted by molar-refractivity contribution is 5.75. The Kier molecular flexibility index (Phi) is 5.56. The standard InChI is InChI=1S/C11H19N3O2/c1-3-10-12-6-7-14(10)9-11(15)13-5-4-8-16-2/h6-7H,3-5,8-9H2,1-2H3,(H,13,15). The molecule has 1 amide bonds. The number of nitrogens with one attached hydrogen (secondary N) is 1. The minimum absolute atomic E-state index is 0.0174. The van der Waals surface area contributed by atoms with Crippen LogP contribution in [0.15, 0.2) is 12.4 Å². The lowest BCUT2D eigenvalue weighted by Gasteiger charge is -2.07. The predicted octanol–water partition coefficient (Wildman–Crippen LogP) is 0.598. The Morgan fingerprint density at radius 2 is 2.44 bits per heavy atom. The molecule has 0 aromatic carbocycles. The largest absolute Gasteiger partial charge is 0.385 e. The molecule has 0 bridgehead atoms. The quantitative estimate of drug-likeness (QED) is 0.691. The number of hydrogen-bond acceptors (Lipinski definition) is 3. The summed E-state index contributed by atoms with van der Waals surface area (Å²) in [5, 5.41) is 2.84. The van der Waals surface area contributed by atoms with Crippen LogP contribution in [0.25, 0.3) is 0 Å². The maximum atomic E-state index is 11.5. The van der Waals surface area contributed by atoms with Crippen LogP contribution in [0, 0.1) is 0 Å². The lowest BCUT2D eigenvalue weighted by molar-refractivity contribution is -0.121. The molecule has 0 radical (unpaired) electrons. The zero-order valence-corrected chi connectivity index (χ0v) is 9.90. The fourth-order valence-electron chi connectivity index (χ4n) is 1.45. The Morgan fingerprint density at radius 1 is 1.62 bits per heavy atom. The Balaban J connectivity index is 2.28. The number of methoxy groups -OCH3 is 1. The van der Waals surface area contributed by atoms with Gasteiger partial charge in [0.25, 0.3) is 0 Å². The van der Waals surface area contributed by atoms with E-state index >= 15 is 0 Å². The number of hydrogen-bond donors (Lipinski definition) is 1. The van der Waals surface area contributed by atoms with Gasteiger partial charge >= 0.3 is 0 Å². The van der Waals surface area contributed by atoms with Gasteiger partial charge in [-0.25, -0.2) is 4.98 Å². The van der Waals surface area contributed by atoms with Crippen molar-refractivity contribution in [2.45, 2.75) is 26.3 Å². The molecule has 0 aliphatic carbocycles. The van der Waals surface area contributed by atoms with E-state index in [0.29, 0.717) is 19.7 Å². The van der Waals surface area contributed by atoms with Crippen LogP contribution in [0.3, 0.4) is 0 Å². The van der Waals surface area contributed by atoms with Gasteiger partial charge in [0.15, 0.2) is 0 Å². The Hall–Kier alpha value is -1.36. The lowest BCUT2D eigenvalue weighted by atomic mass is 10.4. The third-order valence-electron chi connectivity index (χ3n) is 2.28. The molecule has 1 rings (SSSR count). The zero-order valence-electron chi connectivity index (χ0n) is 9.90. The lowest BCUT2D eigenvalue weighted by Crippen LogP contribution is -2.29. The molecule has 1 heterocycles. The first-order valence-corrected chi connectivity index (χ1v) is 5.53. The molecule has 1 N–H and O–H groups in total. The molecule has 5 heteroatoms. The van der Waals surface area contributed by atoms with Crippen LogP contribution in [0.2, 0.25) is 0 Å². The van der Waals surface area contributed by atoms with Gasteiger partial charge in [-0.05, 0) is 6.42 Å². The number of amides is 1. The van der Waals surface area contributed by atoms with Crippen molar-refractivity contribution < 1.29 is 9.53 Å². The number of nitrogens with zero attached hydrogens (tertiary/aromatic N) is 2. The molecule has 0 saturated carbocycles. The molecule has 0 fully saturated rings. The van der Waals surface area contributed by atoms with Gasteiger partial charge in [-0.1, -0.05) is 6.92 Å². The zero-order chi connectivity index (χ0) is 11.8. The summed E-state index contributed by atoms with van der Waals surface area (Å²) < 4.78 is 6.77. The SMILES string of the molecule is CCc1nccn1CC(=O)NCCCOC. The number of carbonyl (C=O) groups excluding carboxylic acids is 1. The van der Waals surface area contributed by atoms with Crippen molar-refractivity contribution in [3.63, 3.8) is 0 Å². The summed E-state index contributed by atoms with van der Waals surface area (Å²) in [6.45, 7) is 3.69. The molecule has 0 aliphatic heterocycles. The number of carbonyl (C=O) groups is 1. The van der Waals surface area contributed by atoms with E-state index in [0.717, 1.165) is 18.7 Å². The van der Waals surface area contributed by atoms with Crippen molar-refractivity contribution in [2.75, 3.05) is 20.3 Å². The fraction of sp³-hybridized carbons (Fsp3) is 0.636. The van der Waals surface area contributed by atoms with Crippen LogP contribution < -0.4 is 5.32 Å². The fourth-order valence-corrected chi connectivity index (χ4v) is 1.45. The van der Waals surface area contributed by atoms with Crippen LogP contribution >= 0.6 is 0 Å². The van der Waals surface area contributed by atoms with E-state index in [1.165, 1.54) is 0 Å². The monoisotopic (exact) mass is 225 g/mol. The van der Waals surface area contributed by atoms with Gasteiger partial charge in [0.2, 0.25) is 5.91 Å². The molecule has 0 spiro atoms. The van der Waals surface area contributed by atoms with Gasteiger partial charge in [-0.3, -0.25) is 4.79 Å². The number of ether oxygens (including phenoxy) is 1. The van der Waals surface area contributed by atoms with E-state index in [1.54, 1.807) is 13.3 Å². The summed E-state index contributed by atoms with van der Waals surface area (Å²) in [6, 6.07) is 0. The highest BCUT2D eigenvalue weighted by atomic mass is 16.5. The molecule has 90 valence electrons. The molecule has 0 atom stereocenters. The smallest absolute Gasteiger partial charge is 0.239 e. The molecule has 0 saturated heterocycles. The van der Waals surface area contributed by atoms with Gasteiger partial charge in [0.1, 0.15) is 12.4 Å². The van der Waals surface area contributed by atoms with Crippen LogP contribution in [-0.2, 0) is 22.5 Å². The molecular weight excluding hydrogens is 206 g/mol. The molecule has 5 nitrogen and oxygen atoms in total. The summed E-state index contributed by atoms with van der Waals surface area (Å²) >= 11 is 0. The van der Waals surface area contributed by atoms with Gasteiger partial charge < -0.3 is 14.6 Å². The maximum Gasteiger partial charge on any atom is 0.239 e. The van der Waals surface area contributed by atoms with E-state index in [9.17, 15) is 4.79 Å². The Morgan fingerprint density at radius 3 is 3.12 bits per heavy atom. The third-order valence-corrected chi connectivity index (χ3v) is 2.28. The average molecular weight is 225 g/mol. The van der Waals surface area contributed by atoms with Crippen molar-refractivity contribution in [2.24, 2.45) is 0 Å². The first-order valence-electron chi connectivity index (χ1n) is 5.53. The van der Waals surface area contributed by atoms with Gasteiger partial charge in [0, 0.05) is 39.1 Å². The normalized spacial score (nSPS) is 10.4. The second-order valence-corrected chi connectivity index (χ2v) is 3.52. The van der Waals surface area contributed by atoms with Crippen molar-refractivity contribution in [1.82, 2.24) is 14.9 Å². The van der Waals surface area contributed by atoms with E-state index in [2.05, 4.69) is 10.3 Å². The summed E-state index contributed by atoms with van der Waals surface area (Å²) in [7, 11) is 1.65. The molecule has 16 heavy (non-hydrogen) atoms. The van der Waals surface area contributed by atoms with Crippen molar-refractivity contribution in [3.8, 4) is 0 Å². The molecule has 1 aromatic rings. The molecular formula is C11H19N3O2. The first kappa shape index (κ1) is 12.7. The topological polar surface area (TPSA) is 56.2 Å². The maximum absolute atomic E-state index is 11.5. The van der Waals surface area contributed by atoms with Crippen LogP contribution in [0.1, 0.15) is 19.2 Å². The summed E-state index contributed by atoms with van der Waals surface area (Å²) in [4.78, 5) is 15.7. The van der Waals surface area contributed by atoms with Crippen LogP contribution in [-0.4, -0.2) is 35.7 Å². The van der Waals surface area contributed by atoms with Gasteiger partial charge in [-0.2, -0.15) is 0 Å². The number of rotatable bonds is 7. The summed E-state index contributed by atoms with van der Waals surface area (Å²) in [5.41, 5.74) is 0. The van der Waals surface area contributed by atoms with Crippen molar-refractivity contribution in [1.29, 1.82) is 0 Å². The Labute approximate surface area is 95.8 Å². The Bertz CT molecular complexity index is 323. The van der Waals surface area contributed by atoms with E-state index < -0.39 is 0 Å². The summed E-state index contributed by atoms with van der Waals surface area (Å²) in [5.74, 6) is 0.954. The minimum Gasteiger partial charge on any atom is -0.385 e. The second-order valence-electron chi connectivity index (χ2n) is 3.52. The van der Waals surface area contributed by atoms with E-state index in [-0.39, 0.29) is 5.91 Å². The number of aromatic nitrogens is 2. The number of aryl methyl sites for hydroxylation is 1. The van der Waals surface area contributed by atoms with Gasteiger partial charge in [-0.15, -0.1) is 0 Å². The molecule has 0 aliphatic rings. The van der Waals surface area contributed by atoms with Crippen molar-refractivity contribution >= 4 is 5.91 Å². The van der Waals surface area contributed by atoms with E-state index in [4.69, 9.17) is 4.74 Å². The van der Waals surface area contributed by atoms with E-state index in [1.807, 2.05) is 17.7 Å². The minimum atomic E-state index is 0.0174. The van der Waals surface area contributed by atoms with Gasteiger partial charge in [0.05, 0.1) is 0 Å². The van der Waals surface area contributed by atoms with Crippen LogP contribution in [0.4, 0.5) is 0 Å². The molecule has 1 aromatic heterocycles. The average Bonchev–Trinajstić information content (AvgIpc) is 2.71. The predicted molar refractivity (Wildman–Crippen MR) is 61.1 cm³/mol. The second kappa shape index (κ2) is 7.00. The van der Waals surface area contributed by atoms with Crippen molar-refractivity contribution in [3.05, 3.63) is 18.2 Å². The summed E-state index contributed by atoms with van der Waals surface area (Å²) in [6.07, 6.45) is 5.22. The first-order chi connectivity index (χ1) is 7.77. The van der Waals surface area contributed by atoms with Crippen LogP contribution in [0.5, 0.6) is 0 Å². The number of imidazole rings is 1. The third kappa shape index (κ3) is 4.02.